The minimum Gasteiger partial charge on any atom is -0.383 e. The number of benzene rings is 1. The highest BCUT2D eigenvalue weighted by atomic mass is 32.2. The van der Waals surface area contributed by atoms with Gasteiger partial charge >= 0.3 is 0 Å². The van der Waals surface area contributed by atoms with E-state index in [4.69, 9.17) is 0 Å². The number of non-ortho nitro benzene ring substituents is 1. The van der Waals surface area contributed by atoms with Crippen LogP contribution in [0.3, 0.4) is 0 Å². The first kappa shape index (κ1) is 14.6. The van der Waals surface area contributed by atoms with Crippen molar-refractivity contribution in [1.29, 1.82) is 0 Å². The summed E-state index contributed by atoms with van der Waals surface area (Å²) in [5.74, 6) is 0. The van der Waals surface area contributed by atoms with Crippen LogP contribution < -0.4 is 5.32 Å². The smallest absolute Gasteiger partial charge is 0.270 e. The van der Waals surface area contributed by atoms with E-state index in [9.17, 15) is 10.1 Å². The van der Waals surface area contributed by atoms with Crippen LogP contribution in [0.2, 0.25) is 0 Å². The average Bonchev–Trinajstić information content (AvgIpc) is 2.43. The summed E-state index contributed by atoms with van der Waals surface area (Å²) in [7, 11) is 0. The molecule has 20 heavy (non-hydrogen) atoms. The van der Waals surface area contributed by atoms with Gasteiger partial charge in [-0.05, 0) is 25.3 Å². The normalized spacial score (nSPS) is 12.3. The Balaban J connectivity index is 2.44. The molecule has 1 heterocycles. The lowest BCUT2D eigenvalue weighted by Gasteiger charge is -2.13. The van der Waals surface area contributed by atoms with Crippen LogP contribution in [0.4, 0.5) is 11.4 Å². The van der Waals surface area contributed by atoms with Crippen molar-refractivity contribution in [3.8, 4) is 0 Å². The summed E-state index contributed by atoms with van der Waals surface area (Å²) in [4.78, 5) is 14.9. The summed E-state index contributed by atoms with van der Waals surface area (Å²) < 4.78 is 0. The predicted molar refractivity (Wildman–Crippen MR) is 84.6 cm³/mol. The molecule has 2 rings (SSSR count). The van der Waals surface area contributed by atoms with Crippen molar-refractivity contribution >= 4 is 34.0 Å². The van der Waals surface area contributed by atoms with Crippen LogP contribution in [0.25, 0.3) is 10.9 Å². The molecule has 0 radical (unpaired) electrons. The van der Waals surface area contributed by atoms with Gasteiger partial charge in [0.05, 0.1) is 10.4 Å². The summed E-state index contributed by atoms with van der Waals surface area (Å²) in [5, 5.41) is 15.5. The molecule has 0 amide bonds. The maximum absolute atomic E-state index is 10.9. The fourth-order valence-corrected chi connectivity index (χ4v) is 2.19. The van der Waals surface area contributed by atoms with Gasteiger partial charge in [0.1, 0.15) is 0 Å². The van der Waals surface area contributed by atoms with E-state index in [1.807, 2.05) is 13.0 Å². The van der Waals surface area contributed by atoms with Crippen molar-refractivity contribution in [3.05, 3.63) is 40.1 Å². The van der Waals surface area contributed by atoms with Crippen LogP contribution in [0, 0.1) is 17.0 Å². The molecule has 1 aromatic heterocycles. The molecule has 1 N–H and O–H groups in total. The van der Waals surface area contributed by atoms with E-state index in [1.54, 1.807) is 23.9 Å². The molecular weight excluding hydrogens is 274 g/mol. The van der Waals surface area contributed by atoms with E-state index in [-0.39, 0.29) is 10.6 Å². The maximum Gasteiger partial charge on any atom is 0.270 e. The number of thioether (sulfide) groups is 1. The van der Waals surface area contributed by atoms with Crippen molar-refractivity contribution in [3.63, 3.8) is 0 Å². The predicted octanol–water partition coefficient (Wildman–Crippen LogP) is 3.61. The Kier molecular flexibility index (Phi) is 4.44. The number of aryl methyl sites for hydroxylation is 1. The van der Waals surface area contributed by atoms with Gasteiger partial charge in [0.15, 0.2) is 0 Å². The van der Waals surface area contributed by atoms with Crippen molar-refractivity contribution in [2.75, 3.05) is 18.1 Å². The van der Waals surface area contributed by atoms with E-state index >= 15 is 0 Å². The van der Waals surface area contributed by atoms with Crippen LogP contribution in [0.5, 0.6) is 0 Å². The van der Waals surface area contributed by atoms with Crippen LogP contribution in [0.1, 0.15) is 12.6 Å². The first-order valence-electron chi connectivity index (χ1n) is 6.33. The van der Waals surface area contributed by atoms with Crippen molar-refractivity contribution in [2.45, 2.75) is 19.1 Å². The Bertz CT molecular complexity index is 646. The number of rotatable bonds is 5. The fourth-order valence-electron chi connectivity index (χ4n) is 1.94. The minimum atomic E-state index is -0.381. The number of nitro groups is 1. The zero-order valence-corrected chi connectivity index (χ0v) is 12.5. The van der Waals surface area contributed by atoms with Gasteiger partial charge in [-0.2, -0.15) is 11.8 Å². The third-order valence-corrected chi connectivity index (χ3v) is 4.08. The lowest BCUT2D eigenvalue weighted by molar-refractivity contribution is -0.384. The van der Waals surface area contributed by atoms with Gasteiger partial charge in [0.25, 0.3) is 5.69 Å². The molecule has 1 aromatic carbocycles. The molecule has 0 fully saturated rings. The van der Waals surface area contributed by atoms with E-state index < -0.39 is 0 Å². The first-order chi connectivity index (χ1) is 9.51. The van der Waals surface area contributed by atoms with Gasteiger partial charge < -0.3 is 5.32 Å². The Morgan fingerprint density at radius 3 is 2.85 bits per heavy atom. The summed E-state index contributed by atoms with van der Waals surface area (Å²) in [6.07, 6.45) is 2.06. The second-order valence-corrected chi connectivity index (χ2v) is 5.97. The fraction of sp³-hybridized carbons (Fsp3) is 0.357. The summed E-state index contributed by atoms with van der Waals surface area (Å²) in [5.41, 5.74) is 2.65. The second-order valence-electron chi connectivity index (χ2n) is 4.70. The molecular formula is C14H17N3O2S. The molecule has 1 atom stereocenters. The number of fused-ring (bicyclic) bond motifs is 1. The van der Waals surface area contributed by atoms with Crippen LogP contribution in [-0.4, -0.2) is 28.0 Å². The minimum absolute atomic E-state index is 0.0871. The Hall–Kier alpha value is -1.82. The molecule has 0 saturated carbocycles. The first-order valence-corrected chi connectivity index (χ1v) is 7.62. The molecule has 0 aliphatic carbocycles. The number of nitrogens with one attached hydrogen (secondary N) is 1. The maximum atomic E-state index is 10.9. The summed E-state index contributed by atoms with van der Waals surface area (Å²) in [6, 6.07) is 6.69. The average molecular weight is 291 g/mol. The highest BCUT2D eigenvalue weighted by molar-refractivity contribution is 7.99. The SMILES string of the molecule is CSC(C)CNc1cc(C)nc2ccc([N+](=O)[O-])cc12. The molecule has 6 heteroatoms. The number of hydrogen-bond acceptors (Lipinski definition) is 5. The van der Waals surface area contributed by atoms with Gasteiger partial charge in [-0.3, -0.25) is 15.1 Å². The molecule has 2 aromatic rings. The number of pyridine rings is 1. The van der Waals surface area contributed by atoms with Gasteiger partial charge in [-0.15, -0.1) is 0 Å². The van der Waals surface area contributed by atoms with E-state index in [2.05, 4.69) is 23.5 Å². The highest BCUT2D eigenvalue weighted by Gasteiger charge is 2.11. The van der Waals surface area contributed by atoms with E-state index in [0.29, 0.717) is 5.25 Å². The summed E-state index contributed by atoms with van der Waals surface area (Å²) in [6.45, 7) is 4.86. The number of aromatic nitrogens is 1. The highest BCUT2D eigenvalue weighted by Crippen LogP contribution is 2.27. The number of nitro benzene ring substituents is 1. The van der Waals surface area contributed by atoms with Crippen LogP contribution >= 0.6 is 11.8 Å². The van der Waals surface area contributed by atoms with Crippen molar-refractivity contribution < 1.29 is 4.92 Å². The van der Waals surface area contributed by atoms with Crippen LogP contribution in [-0.2, 0) is 0 Å². The van der Waals surface area contributed by atoms with Crippen molar-refractivity contribution in [2.24, 2.45) is 0 Å². The lowest BCUT2D eigenvalue weighted by atomic mass is 10.1. The van der Waals surface area contributed by atoms with Gasteiger partial charge in [0.2, 0.25) is 0 Å². The zero-order chi connectivity index (χ0) is 14.7. The van der Waals surface area contributed by atoms with Gasteiger partial charge in [-0.1, -0.05) is 6.92 Å². The molecule has 106 valence electrons. The third kappa shape index (κ3) is 3.19. The third-order valence-electron chi connectivity index (χ3n) is 3.11. The molecule has 0 saturated heterocycles. The molecule has 1 unspecified atom stereocenters. The molecule has 0 spiro atoms. The lowest BCUT2D eigenvalue weighted by Crippen LogP contribution is -2.13. The molecule has 0 aliphatic heterocycles. The molecule has 5 nitrogen and oxygen atoms in total. The van der Waals surface area contributed by atoms with Gasteiger partial charge in [-0.25, -0.2) is 0 Å². The number of nitrogens with zero attached hydrogens (tertiary/aromatic N) is 2. The number of anilines is 1. The van der Waals surface area contributed by atoms with Gasteiger partial charge in [0, 0.05) is 40.7 Å². The Morgan fingerprint density at radius 1 is 1.45 bits per heavy atom. The monoisotopic (exact) mass is 291 g/mol. The Labute approximate surface area is 121 Å². The second kappa shape index (κ2) is 6.09. The van der Waals surface area contributed by atoms with E-state index in [1.165, 1.54) is 6.07 Å². The number of hydrogen-bond donors (Lipinski definition) is 1. The van der Waals surface area contributed by atoms with E-state index in [0.717, 1.165) is 28.8 Å². The summed E-state index contributed by atoms with van der Waals surface area (Å²) >= 11 is 1.78. The standard InChI is InChI=1S/C14H17N3O2S/c1-9-6-14(15-8-10(2)20-3)12-7-11(17(18)19)4-5-13(12)16-9/h4-7,10H,8H2,1-3H3,(H,15,16). The van der Waals surface area contributed by atoms with Crippen molar-refractivity contribution in [1.82, 2.24) is 4.98 Å². The molecule has 0 bridgehead atoms. The zero-order valence-electron chi connectivity index (χ0n) is 11.7. The largest absolute Gasteiger partial charge is 0.383 e. The molecule has 0 aliphatic rings. The topological polar surface area (TPSA) is 68.1 Å². The van der Waals surface area contributed by atoms with Crippen LogP contribution in [0.15, 0.2) is 24.3 Å². The quantitative estimate of drug-likeness (QED) is 0.673. The Morgan fingerprint density at radius 2 is 2.20 bits per heavy atom.